The molecule has 1 atom stereocenters. The van der Waals surface area contributed by atoms with Crippen molar-refractivity contribution in [2.45, 2.75) is 31.7 Å². The maximum atomic E-state index is 5.96. The lowest BCUT2D eigenvalue weighted by atomic mass is 9.60. The summed E-state index contributed by atoms with van der Waals surface area (Å²) in [6, 6.07) is 0.523. The summed E-state index contributed by atoms with van der Waals surface area (Å²) in [6.45, 7) is 2.38. The fraction of sp³-hybridized carbons (Fsp3) is 1.00. The van der Waals surface area contributed by atoms with Gasteiger partial charge < -0.3 is 11.1 Å². The number of hydrogen-bond acceptors (Lipinski definition) is 2. The molecule has 3 N–H and O–H groups in total. The van der Waals surface area contributed by atoms with Gasteiger partial charge in [0.2, 0.25) is 0 Å². The summed E-state index contributed by atoms with van der Waals surface area (Å²) in [5.41, 5.74) is 6.54. The van der Waals surface area contributed by atoms with Crippen molar-refractivity contribution in [2.24, 2.45) is 11.1 Å². The maximum Gasteiger partial charge on any atom is 0.00967 e. The molecule has 2 heteroatoms. The van der Waals surface area contributed by atoms with Crippen LogP contribution in [-0.2, 0) is 0 Å². The van der Waals surface area contributed by atoms with Crippen LogP contribution in [0.5, 0.6) is 0 Å². The molecule has 0 amide bonds. The molecule has 0 aromatic carbocycles. The van der Waals surface area contributed by atoms with Crippen molar-refractivity contribution in [1.82, 2.24) is 5.32 Å². The van der Waals surface area contributed by atoms with Crippen LogP contribution in [0.1, 0.15) is 25.7 Å². The van der Waals surface area contributed by atoms with Gasteiger partial charge >= 0.3 is 0 Å². The van der Waals surface area contributed by atoms with Crippen molar-refractivity contribution in [3.63, 3.8) is 0 Å². The Labute approximate surface area is 62.2 Å². The Balaban J connectivity index is 1.99. The summed E-state index contributed by atoms with van der Waals surface area (Å²) in [5, 5.41) is 3.37. The van der Waals surface area contributed by atoms with Gasteiger partial charge in [0.05, 0.1) is 0 Å². The molecule has 2 aliphatic rings. The molecule has 0 aromatic heterocycles. The van der Waals surface area contributed by atoms with Crippen molar-refractivity contribution in [2.75, 3.05) is 13.1 Å². The lowest BCUT2D eigenvalue weighted by Gasteiger charge is -2.50. The molecule has 1 unspecified atom stereocenters. The second-order valence-electron chi connectivity index (χ2n) is 3.76. The van der Waals surface area contributed by atoms with Crippen molar-refractivity contribution in [1.29, 1.82) is 0 Å². The van der Waals surface area contributed by atoms with Gasteiger partial charge in [0, 0.05) is 6.04 Å². The van der Waals surface area contributed by atoms with Gasteiger partial charge in [-0.2, -0.15) is 0 Å². The van der Waals surface area contributed by atoms with Crippen LogP contribution in [0.15, 0.2) is 0 Å². The molecule has 1 aliphatic heterocycles. The van der Waals surface area contributed by atoms with Crippen molar-refractivity contribution in [3.8, 4) is 0 Å². The van der Waals surface area contributed by atoms with Gasteiger partial charge in [-0.3, -0.25) is 0 Å². The van der Waals surface area contributed by atoms with Gasteiger partial charge in [0.15, 0.2) is 0 Å². The van der Waals surface area contributed by atoms with Crippen LogP contribution in [0.25, 0.3) is 0 Å². The molecule has 2 rings (SSSR count). The average molecular weight is 140 g/mol. The summed E-state index contributed by atoms with van der Waals surface area (Å²) < 4.78 is 0. The average Bonchev–Trinajstić information content (AvgIpc) is 2.04. The molecular weight excluding hydrogens is 124 g/mol. The minimum absolute atomic E-state index is 0.523. The van der Waals surface area contributed by atoms with Crippen LogP contribution in [-0.4, -0.2) is 19.1 Å². The molecule has 1 aliphatic carbocycles. The smallest absolute Gasteiger partial charge is 0.00967 e. The fourth-order valence-corrected chi connectivity index (χ4v) is 2.26. The Hall–Kier alpha value is -0.0800. The summed E-state index contributed by atoms with van der Waals surface area (Å²) in [5.74, 6) is 0. The predicted octanol–water partition coefficient (Wildman–Crippen LogP) is 0.477. The van der Waals surface area contributed by atoms with E-state index in [1.54, 1.807) is 0 Å². The van der Waals surface area contributed by atoms with Crippen molar-refractivity contribution in [3.05, 3.63) is 0 Å². The van der Waals surface area contributed by atoms with E-state index in [2.05, 4.69) is 5.32 Å². The standard InChI is InChI=1S/C8H16N2/c9-7-1-2-8(7)3-5-10-6-4-8/h7,10H,1-6,9H2. The van der Waals surface area contributed by atoms with E-state index < -0.39 is 0 Å². The normalized spacial score (nSPS) is 37.5. The number of nitrogens with two attached hydrogens (primary N) is 1. The molecule has 1 saturated heterocycles. The van der Waals surface area contributed by atoms with Crippen LogP contribution < -0.4 is 11.1 Å². The Morgan fingerprint density at radius 3 is 2.20 bits per heavy atom. The highest BCUT2D eigenvalue weighted by atomic mass is 14.9. The first-order valence-corrected chi connectivity index (χ1v) is 4.30. The van der Waals surface area contributed by atoms with E-state index in [0.29, 0.717) is 11.5 Å². The third-order valence-corrected chi connectivity index (χ3v) is 3.34. The first-order chi connectivity index (χ1) is 4.83. The molecule has 0 aromatic rings. The monoisotopic (exact) mass is 140 g/mol. The van der Waals surface area contributed by atoms with E-state index in [1.807, 2.05) is 0 Å². The largest absolute Gasteiger partial charge is 0.327 e. The predicted molar refractivity (Wildman–Crippen MR) is 41.7 cm³/mol. The van der Waals surface area contributed by atoms with E-state index in [0.717, 1.165) is 0 Å². The molecule has 2 nitrogen and oxygen atoms in total. The zero-order chi connectivity index (χ0) is 7.03. The van der Waals surface area contributed by atoms with Gasteiger partial charge in [-0.1, -0.05) is 0 Å². The second-order valence-corrected chi connectivity index (χ2v) is 3.76. The Kier molecular flexibility index (Phi) is 1.46. The van der Waals surface area contributed by atoms with Gasteiger partial charge in [0.1, 0.15) is 0 Å². The molecule has 1 spiro atoms. The Morgan fingerprint density at radius 1 is 1.20 bits per heavy atom. The van der Waals surface area contributed by atoms with Crippen molar-refractivity contribution >= 4 is 0 Å². The first kappa shape index (κ1) is 6.62. The SMILES string of the molecule is NC1CCC12CCNCC2. The van der Waals surface area contributed by atoms with Crippen LogP contribution in [0, 0.1) is 5.41 Å². The van der Waals surface area contributed by atoms with Crippen LogP contribution in [0.2, 0.25) is 0 Å². The van der Waals surface area contributed by atoms with Crippen LogP contribution in [0.4, 0.5) is 0 Å². The summed E-state index contributed by atoms with van der Waals surface area (Å²) >= 11 is 0. The first-order valence-electron chi connectivity index (χ1n) is 4.30. The zero-order valence-corrected chi connectivity index (χ0v) is 6.40. The highest BCUT2D eigenvalue weighted by Gasteiger charge is 2.44. The molecule has 0 bridgehead atoms. The van der Waals surface area contributed by atoms with E-state index in [4.69, 9.17) is 5.73 Å². The number of hydrogen-bond donors (Lipinski definition) is 2. The molecule has 0 radical (unpaired) electrons. The van der Waals surface area contributed by atoms with Crippen LogP contribution >= 0.6 is 0 Å². The molecular formula is C8H16N2. The summed E-state index contributed by atoms with van der Waals surface area (Å²) in [4.78, 5) is 0. The molecule has 10 heavy (non-hydrogen) atoms. The van der Waals surface area contributed by atoms with Gasteiger partial charge in [-0.15, -0.1) is 0 Å². The van der Waals surface area contributed by atoms with E-state index in [-0.39, 0.29) is 0 Å². The quantitative estimate of drug-likeness (QED) is 0.513. The minimum Gasteiger partial charge on any atom is -0.327 e. The Morgan fingerprint density at radius 2 is 1.90 bits per heavy atom. The lowest BCUT2D eigenvalue weighted by molar-refractivity contribution is 0.0536. The zero-order valence-electron chi connectivity index (χ0n) is 6.40. The van der Waals surface area contributed by atoms with E-state index >= 15 is 0 Å². The third-order valence-electron chi connectivity index (χ3n) is 3.34. The van der Waals surface area contributed by atoms with Gasteiger partial charge in [0.25, 0.3) is 0 Å². The highest BCUT2D eigenvalue weighted by molar-refractivity contribution is 5.00. The lowest BCUT2D eigenvalue weighted by Crippen LogP contribution is -2.55. The van der Waals surface area contributed by atoms with Crippen molar-refractivity contribution < 1.29 is 0 Å². The Bertz CT molecular complexity index is 127. The number of piperidine rings is 1. The fourth-order valence-electron chi connectivity index (χ4n) is 2.26. The summed E-state index contributed by atoms with van der Waals surface area (Å²) in [7, 11) is 0. The number of nitrogens with one attached hydrogen (secondary N) is 1. The molecule has 1 heterocycles. The second kappa shape index (κ2) is 2.21. The topological polar surface area (TPSA) is 38.0 Å². The number of rotatable bonds is 0. The third kappa shape index (κ3) is 0.789. The van der Waals surface area contributed by atoms with E-state index in [1.165, 1.54) is 38.8 Å². The minimum atomic E-state index is 0.523. The van der Waals surface area contributed by atoms with E-state index in [9.17, 15) is 0 Å². The maximum absolute atomic E-state index is 5.96. The molecule has 1 saturated carbocycles. The van der Waals surface area contributed by atoms with Gasteiger partial charge in [-0.05, 0) is 44.2 Å². The highest BCUT2D eigenvalue weighted by Crippen LogP contribution is 2.46. The van der Waals surface area contributed by atoms with Crippen LogP contribution in [0.3, 0.4) is 0 Å². The summed E-state index contributed by atoms with van der Waals surface area (Å²) in [6.07, 6.45) is 5.28. The molecule has 58 valence electrons. The van der Waals surface area contributed by atoms with Gasteiger partial charge in [-0.25, -0.2) is 0 Å². The molecule has 2 fully saturated rings.